The standard InChI is InChI=1S/C26H24N6/c1-2-20(18-32-24-11-7-22(8-12-24)26-29-15-16-30-26)4-3-19(1)17-31-23-9-5-21(6-10-23)25-27-13-14-28-25/h1-12,17-18H,13-16H2,(H,27,28)(H,29,30). The van der Waals surface area contributed by atoms with Crippen molar-refractivity contribution in [2.45, 2.75) is 0 Å². The maximum Gasteiger partial charge on any atom is 0.128 e. The van der Waals surface area contributed by atoms with Gasteiger partial charge in [-0.2, -0.15) is 0 Å². The SMILES string of the molecule is C(=Nc1ccc(C2=NCCN2)cc1)c1ccc(C=Nc2ccc(C3=NCCN3)cc2)cc1. The van der Waals surface area contributed by atoms with Crippen molar-refractivity contribution in [2.24, 2.45) is 20.0 Å². The molecule has 0 saturated carbocycles. The molecule has 2 aliphatic heterocycles. The van der Waals surface area contributed by atoms with Crippen molar-refractivity contribution in [3.8, 4) is 0 Å². The molecule has 0 atom stereocenters. The van der Waals surface area contributed by atoms with Crippen molar-refractivity contribution in [3.63, 3.8) is 0 Å². The highest BCUT2D eigenvalue weighted by Gasteiger charge is 2.07. The van der Waals surface area contributed by atoms with Gasteiger partial charge in [-0.05, 0) is 59.7 Å². The van der Waals surface area contributed by atoms with E-state index in [0.29, 0.717) is 0 Å². The molecule has 0 aromatic heterocycles. The quantitative estimate of drug-likeness (QED) is 0.594. The number of benzene rings is 3. The third kappa shape index (κ3) is 4.81. The van der Waals surface area contributed by atoms with Crippen molar-refractivity contribution in [3.05, 3.63) is 95.1 Å². The third-order valence-corrected chi connectivity index (χ3v) is 5.29. The van der Waals surface area contributed by atoms with Crippen molar-refractivity contribution >= 4 is 35.5 Å². The molecule has 32 heavy (non-hydrogen) atoms. The summed E-state index contributed by atoms with van der Waals surface area (Å²) in [6.07, 6.45) is 3.75. The minimum atomic E-state index is 0.843. The van der Waals surface area contributed by atoms with E-state index in [4.69, 9.17) is 0 Å². The van der Waals surface area contributed by atoms with Gasteiger partial charge in [0, 0.05) is 36.6 Å². The van der Waals surface area contributed by atoms with E-state index in [2.05, 4.69) is 30.6 Å². The lowest BCUT2D eigenvalue weighted by atomic mass is 10.1. The fourth-order valence-corrected chi connectivity index (χ4v) is 3.56. The Morgan fingerprint density at radius 3 is 1.31 bits per heavy atom. The average molecular weight is 421 g/mol. The fourth-order valence-electron chi connectivity index (χ4n) is 3.56. The van der Waals surface area contributed by atoms with Crippen LogP contribution in [0.4, 0.5) is 11.4 Å². The van der Waals surface area contributed by atoms with Crippen LogP contribution in [0.2, 0.25) is 0 Å². The maximum atomic E-state index is 4.57. The summed E-state index contributed by atoms with van der Waals surface area (Å²) in [5.41, 5.74) is 6.12. The highest BCUT2D eigenvalue weighted by molar-refractivity contribution is 6.00. The van der Waals surface area contributed by atoms with Crippen molar-refractivity contribution in [1.82, 2.24) is 10.6 Å². The van der Waals surface area contributed by atoms with Crippen LogP contribution >= 0.6 is 0 Å². The first-order chi connectivity index (χ1) is 15.8. The van der Waals surface area contributed by atoms with Crippen LogP contribution in [0.25, 0.3) is 0 Å². The lowest BCUT2D eigenvalue weighted by molar-refractivity contribution is 0.960. The number of rotatable bonds is 6. The van der Waals surface area contributed by atoms with Gasteiger partial charge in [-0.1, -0.05) is 24.3 Å². The van der Waals surface area contributed by atoms with Crippen LogP contribution in [0.15, 0.2) is 92.8 Å². The molecule has 2 aliphatic rings. The van der Waals surface area contributed by atoms with E-state index < -0.39 is 0 Å². The summed E-state index contributed by atoms with van der Waals surface area (Å²) in [7, 11) is 0. The van der Waals surface area contributed by atoms with Crippen LogP contribution < -0.4 is 10.6 Å². The van der Waals surface area contributed by atoms with Gasteiger partial charge in [-0.25, -0.2) is 0 Å². The Labute approximate surface area is 187 Å². The Bertz CT molecular complexity index is 1090. The van der Waals surface area contributed by atoms with Gasteiger partial charge in [-0.15, -0.1) is 0 Å². The first-order valence-corrected chi connectivity index (χ1v) is 10.8. The summed E-state index contributed by atoms with van der Waals surface area (Å²) in [5.74, 6) is 1.93. The van der Waals surface area contributed by atoms with Crippen LogP contribution in [0.3, 0.4) is 0 Å². The van der Waals surface area contributed by atoms with Gasteiger partial charge in [0.2, 0.25) is 0 Å². The molecule has 3 aromatic rings. The molecule has 0 saturated heterocycles. The summed E-state index contributed by atoms with van der Waals surface area (Å²) in [5, 5.41) is 6.57. The molecule has 0 radical (unpaired) electrons. The molecule has 0 amide bonds. The molecule has 0 fully saturated rings. The number of nitrogens with zero attached hydrogens (tertiary/aromatic N) is 4. The lowest BCUT2D eigenvalue weighted by Gasteiger charge is -2.02. The lowest BCUT2D eigenvalue weighted by Crippen LogP contribution is -2.19. The second kappa shape index (κ2) is 9.39. The zero-order valence-electron chi connectivity index (χ0n) is 17.7. The monoisotopic (exact) mass is 420 g/mol. The smallest absolute Gasteiger partial charge is 0.128 e. The molecule has 6 nitrogen and oxygen atoms in total. The van der Waals surface area contributed by atoms with Crippen LogP contribution in [0.1, 0.15) is 22.3 Å². The molecule has 2 heterocycles. The number of amidine groups is 2. The summed E-state index contributed by atoms with van der Waals surface area (Å²) in [6, 6.07) is 24.4. The molecule has 0 spiro atoms. The highest BCUT2D eigenvalue weighted by atomic mass is 15.1. The Hall–Kier alpha value is -4.06. The fraction of sp³-hybridized carbons (Fsp3) is 0.154. The van der Waals surface area contributed by atoms with Gasteiger partial charge in [0.05, 0.1) is 24.5 Å². The minimum Gasteiger partial charge on any atom is -0.368 e. The first-order valence-electron chi connectivity index (χ1n) is 10.8. The van der Waals surface area contributed by atoms with Gasteiger partial charge < -0.3 is 10.6 Å². The molecular weight excluding hydrogens is 396 g/mol. The highest BCUT2D eigenvalue weighted by Crippen LogP contribution is 2.16. The van der Waals surface area contributed by atoms with Gasteiger partial charge in [0.1, 0.15) is 11.7 Å². The van der Waals surface area contributed by atoms with E-state index in [-0.39, 0.29) is 0 Å². The van der Waals surface area contributed by atoms with E-state index >= 15 is 0 Å². The molecule has 2 N–H and O–H groups in total. The van der Waals surface area contributed by atoms with E-state index in [9.17, 15) is 0 Å². The number of hydrogen-bond donors (Lipinski definition) is 2. The summed E-state index contributed by atoms with van der Waals surface area (Å²) >= 11 is 0. The van der Waals surface area contributed by atoms with Crippen molar-refractivity contribution in [1.29, 1.82) is 0 Å². The van der Waals surface area contributed by atoms with E-state index in [1.807, 2.05) is 85.2 Å². The van der Waals surface area contributed by atoms with Gasteiger partial charge >= 0.3 is 0 Å². The Balaban J connectivity index is 1.19. The van der Waals surface area contributed by atoms with Crippen LogP contribution in [0.5, 0.6) is 0 Å². The number of nitrogens with one attached hydrogen (secondary N) is 2. The van der Waals surface area contributed by atoms with Crippen LogP contribution in [-0.4, -0.2) is 50.3 Å². The predicted molar refractivity (Wildman–Crippen MR) is 133 cm³/mol. The molecule has 5 rings (SSSR count). The van der Waals surface area contributed by atoms with Gasteiger partial charge in [-0.3, -0.25) is 20.0 Å². The molecule has 158 valence electrons. The van der Waals surface area contributed by atoms with Gasteiger partial charge in [0.15, 0.2) is 0 Å². The molecule has 3 aromatic carbocycles. The van der Waals surface area contributed by atoms with Gasteiger partial charge in [0.25, 0.3) is 0 Å². The van der Waals surface area contributed by atoms with Crippen LogP contribution in [0, 0.1) is 0 Å². The third-order valence-electron chi connectivity index (χ3n) is 5.29. The first kappa shape index (κ1) is 19.9. The number of hydrogen-bond acceptors (Lipinski definition) is 6. The summed E-state index contributed by atoms with van der Waals surface area (Å²) in [4.78, 5) is 18.0. The van der Waals surface area contributed by atoms with E-state index in [1.54, 1.807) is 0 Å². The number of aliphatic imine (C=N–C) groups is 4. The topological polar surface area (TPSA) is 73.5 Å². The minimum absolute atomic E-state index is 0.843. The maximum absolute atomic E-state index is 4.57. The normalized spacial score (nSPS) is 15.6. The average Bonchev–Trinajstić information content (AvgIpc) is 3.58. The molecule has 0 bridgehead atoms. The zero-order valence-corrected chi connectivity index (χ0v) is 17.7. The molecule has 0 unspecified atom stereocenters. The largest absolute Gasteiger partial charge is 0.368 e. The second-order valence-electron chi connectivity index (χ2n) is 7.59. The predicted octanol–water partition coefficient (Wildman–Crippen LogP) is 3.89. The Kier molecular flexibility index (Phi) is 5.83. The Morgan fingerprint density at radius 1 is 0.562 bits per heavy atom. The Morgan fingerprint density at radius 2 is 0.969 bits per heavy atom. The second-order valence-corrected chi connectivity index (χ2v) is 7.59. The van der Waals surface area contributed by atoms with Crippen molar-refractivity contribution < 1.29 is 0 Å². The summed E-state index contributed by atoms with van der Waals surface area (Å²) in [6.45, 7) is 3.51. The van der Waals surface area contributed by atoms with Crippen molar-refractivity contribution in [2.75, 3.05) is 26.2 Å². The molecule has 6 heteroatoms. The van der Waals surface area contributed by atoms with E-state index in [0.717, 1.165) is 71.5 Å². The van der Waals surface area contributed by atoms with E-state index in [1.165, 1.54) is 0 Å². The molecular formula is C26H24N6. The zero-order chi connectivity index (χ0) is 21.6. The molecule has 0 aliphatic carbocycles. The van der Waals surface area contributed by atoms with Crippen LogP contribution in [-0.2, 0) is 0 Å². The summed E-state index contributed by atoms with van der Waals surface area (Å²) < 4.78 is 0.